The van der Waals surface area contributed by atoms with E-state index in [0.717, 1.165) is 11.3 Å². The van der Waals surface area contributed by atoms with Crippen molar-refractivity contribution in [2.75, 3.05) is 6.61 Å². The molecule has 1 aromatic heterocycles. The van der Waals surface area contributed by atoms with Gasteiger partial charge in [-0.15, -0.1) is 0 Å². The zero-order chi connectivity index (χ0) is 13.0. The highest BCUT2D eigenvalue weighted by Gasteiger charge is 2.16. The van der Waals surface area contributed by atoms with E-state index in [2.05, 4.69) is 5.10 Å². The Balaban J connectivity index is 2.38. The number of aryl methyl sites for hydroxylation is 1. The van der Waals surface area contributed by atoms with Crippen LogP contribution in [-0.2, 0) is 11.3 Å². The van der Waals surface area contributed by atoms with Gasteiger partial charge in [0.05, 0.1) is 12.3 Å². The van der Waals surface area contributed by atoms with Crippen LogP contribution in [0.2, 0.25) is 0 Å². The standard InChI is InChI=1S/C14H16N2O2/c1-3-16-13(14(17)18-4-2)10-12(15-16)11-8-6-5-7-9-11/h5-10H,3-4H2,1-2H3. The lowest BCUT2D eigenvalue weighted by Gasteiger charge is -2.02. The van der Waals surface area contributed by atoms with Crippen molar-refractivity contribution in [3.8, 4) is 11.3 Å². The molecule has 1 heterocycles. The number of carbonyl (C=O) groups is 1. The van der Waals surface area contributed by atoms with E-state index in [1.54, 1.807) is 17.7 Å². The van der Waals surface area contributed by atoms with Crippen molar-refractivity contribution in [3.05, 3.63) is 42.1 Å². The highest BCUT2D eigenvalue weighted by molar-refractivity contribution is 5.89. The third-order valence-corrected chi connectivity index (χ3v) is 2.63. The molecule has 0 saturated heterocycles. The lowest BCUT2D eigenvalue weighted by atomic mass is 10.1. The first-order valence-electron chi connectivity index (χ1n) is 6.06. The van der Waals surface area contributed by atoms with Crippen molar-refractivity contribution in [1.29, 1.82) is 0 Å². The Morgan fingerprint density at radius 1 is 1.28 bits per heavy atom. The second-order valence-electron chi connectivity index (χ2n) is 3.82. The Kier molecular flexibility index (Phi) is 3.77. The smallest absolute Gasteiger partial charge is 0.356 e. The first kappa shape index (κ1) is 12.4. The van der Waals surface area contributed by atoms with Crippen molar-refractivity contribution in [2.24, 2.45) is 0 Å². The molecular formula is C14H16N2O2. The van der Waals surface area contributed by atoms with Crippen LogP contribution in [0.1, 0.15) is 24.3 Å². The first-order valence-corrected chi connectivity index (χ1v) is 6.06. The second kappa shape index (κ2) is 5.49. The van der Waals surface area contributed by atoms with Crippen molar-refractivity contribution >= 4 is 5.97 Å². The average molecular weight is 244 g/mol. The Labute approximate surface area is 106 Å². The van der Waals surface area contributed by atoms with Crippen molar-refractivity contribution in [1.82, 2.24) is 9.78 Å². The van der Waals surface area contributed by atoms with E-state index in [0.29, 0.717) is 18.8 Å². The monoisotopic (exact) mass is 244 g/mol. The second-order valence-corrected chi connectivity index (χ2v) is 3.82. The van der Waals surface area contributed by atoms with Crippen molar-refractivity contribution in [3.63, 3.8) is 0 Å². The largest absolute Gasteiger partial charge is 0.461 e. The summed E-state index contributed by atoms with van der Waals surface area (Å²) in [6.07, 6.45) is 0. The van der Waals surface area contributed by atoms with Gasteiger partial charge in [0.1, 0.15) is 5.69 Å². The van der Waals surface area contributed by atoms with Gasteiger partial charge in [-0.3, -0.25) is 4.68 Å². The van der Waals surface area contributed by atoms with Gasteiger partial charge in [0.2, 0.25) is 0 Å². The lowest BCUT2D eigenvalue weighted by Crippen LogP contribution is -2.12. The van der Waals surface area contributed by atoms with Crippen LogP contribution in [0.3, 0.4) is 0 Å². The number of hydrogen-bond acceptors (Lipinski definition) is 3. The molecule has 1 aromatic carbocycles. The number of rotatable bonds is 4. The molecule has 0 aliphatic heterocycles. The molecular weight excluding hydrogens is 228 g/mol. The predicted molar refractivity (Wildman–Crippen MR) is 69.3 cm³/mol. The molecule has 0 N–H and O–H groups in total. The molecule has 18 heavy (non-hydrogen) atoms. The summed E-state index contributed by atoms with van der Waals surface area (Å²) in [5.74, 6) is -0.325. The molecule has 0 radical (unpaired) electrons. The quantitative estimate of drug-likeness (QED) is 0.777. The molecule has 0 bridgehead atoms. The van der Waals surface area contributed by atoms with Crippen LogP contribution in [0.15, 0.2) is 36.4 Å². The Bertz CT molecular complexity index is 532. The number of aromatic nitrogens is 2. The number of esters is 1. The van der Waals surface area contributed by atoms with Gasteiger partial charge >= 0.3 is 5.97 Å². The molecule has 4 nitrogen and oxygen atoms in total. The number of carbonyl (C=O) groups excluding carboxylic acids is 1. The van der Waals surface area contributed by atoms with Crippen LogP contribution in [0, 0.1) is 0 Å². The van der Waals surface area contributed by atoms with E-state index in [1.165, 1.54) is 0 Å². The maximum absolute atomic E-state index is 11.8. The Morgan fingerprint density at radius 2 is 2.00 bits per heavy atom. The summed E-state index contributed by atoms with van der Waals surface area (Å²) in [6, 6.07) is 11.6. The van der Waals surface area contributed by atoms with Gasteiger partial charge in [-0.25, -0.2) is 4.79 Å². The lowest BCUT2D eigenvalue weighted by molar-refractivity contribution is 0.0512. The minimum atomic E-state index is -0.325. The predicted octanol–water partition coefficient (Wildman–Crippen LogP) is 2.75. The normalized spacial score (nSPS) is 10.3. The first-order chi connectivity index (χ1) is 8.76. The van der Waals surface area contributed by atoms with E-state index in [1.807, 2.05) is 37.3 Å². The van der Waals surface area contributed by atoms with Crippen molar-refractivity contribution in [2.45, 2.75) is 20.4 Å². The Morgan fingerprint density at radius 3 is 2.61 bits per heavy atom. The maximum atomic E-state index is 11.8. The fraction of sp³-hybridized carbons (Fsp3) is 0.286. The third kappa shape index (κ3) is 2.42. The highest BCUT2D eigenvalue weighted by atomic mass is 16.5. The van der Waals surface area contributed by atoms with Crippen LogP contribution in [0.25, 0.3) is 11.3 Å². The zero-order valence-corrected chi connectivity index (χ0v) is 10.6. The van der Waals surface area contributed by atoms with Gasteiger partial charge < -0.3 is 4.74 Å². The van der Waals surface area contributed by atoms with Crippen LogP contribution < -0.4 is 0 Å². The molecule has 0 aliphatic rings. The molecule has 0 atom stereocenters. The van der Waals surface area contributed by atoms with Gasteiger partial charge in [-0.1, -0.05) is 30.3 Å². The molecule has 0 amide bonds. The topological polar surface area (TPSA) is 44.1 Å². The van der Waals surface area contributed by atoms with E-state index in [-0.39, 0.29) is 5.97 Å². The van der Waals surface area contributed by atoms with E-state index in [4.69, 9.17) is 4.74 Å². The molecule has 0 fully saturated rings. The van der Waals surface area contributed by atoms with E-state index >= 15 is 0 Å². The molecule has 94 valence electrons. The molecule has 2 aromatic rings. The molecule has 0 saturated carbocycles. The summed E-state index contributed by atoms with van der Waals surface area (Å²) < 4.78 is 6.69. The van der Waals surface area contributed by atoms with Gasteiger partial charge in [-0.05, 0) is 19.9 Å². The maximum Gasteiger partial charge on any atom is 0.356 e. The highest BCUT2D eigenvalue weighted by Crippen LogP contribution is 2.19. The Hall–Kier alpha value is -2.10. The summed E-state index contributed by atoms with van der Waals surface area (Å²) >= 11 is 0. The summed E-state index contributed by atoms with van der Waals surface area (Å²) in [4.78, 5) is 11.8. The number of ether oxygens (including phenoxy) is 1. The number of hydrogen-bond donors (Lipinski definition) is 0. The fourth-order valence-corrected chi connectivity index (χ4v) is 1.78. The zero-order valence-electron chi connectivity index (χ0n) is 10.6. The van der Waals surface area contributed by atoms with Crippen molar-refractivity contribution < 1.29 is 9.53 Å². The van der Waals surface area contributed by atoms with Crippen LogP contribution in [0.4, 0.5) is 0 Å². The molecule has 4 heteroatoms. The third-order valence-electron chi connectivity index (χ3n) is 2.63. The van der Waals surface area contributed by atoms with Crippen LogP contribution in [-0.4, -0.2) is 22.4 Å². The minimum Gasteiger partial charge on any atom is -0.461 e. The number of nitrogens with zero attached hydrogens (tertiary/aromatic N) is 2. The summed E-state index contributed by atoms with van der Waals surface area (Å²) in [5.41, 5.74) is 2.29. The average Bonchev–Trinajstić information content (AvgIpc) is 2.84. The van der Waals surface area contributed by atoms with Gasteiger partial charge in [0.25, 0.3) is 0 Å². The molecule has 0 aliphatic carbocycles. The number of benzene rings is 1. The van der Waals surface area contributed by atoms with Gasteiger partial charge in [-0.2, -0.15) is 5.10 Å². The molecule has 2 rings (SSSR count). The summed E-state index contributed by atoms with van der Waals surface area (Å²) in [7, 11) is 0. The minimum absolute atomic E-state index is 0.325. The van der Waals surface area contributed by atoms with Crippen LogP contribution >= 0.6 is 0 Å². The van der Waals surface area contributed by atoms with Gasteiger partial charge in [0.15, 0.2) is 0 Å². The molecule has 0 spiro atoms. The SMILES string of the molecule is CCOC(=O)c1cc(-c2ccccc2)nn1CC. The van der Waals surface area contributed by atoms with E-state index in [9.17, 15) is 4.79 Å². The summed E-state index contributed by atoms with van der Waals surface area (Å²) in [5, 5.41) is 4.42. The van der Waals surface area contributed by atoms with E-state index < -0.39 is 0 Å². The van der Waals surface area contributed by atoms with Crippen LogP contribution in [0.5, 0.6) is 0 Å². The molecule has 0 unspecified atom stereocenters. The summed E-state index contributed by atoms with van der Waals surface area (Å²) in [6.45, 7) is 4.75. The fourth-order valence-electron chi connectivity index (χ4n) is 1.78. The van der Waals surface area contributed by atoms with Gasteiger partial charge in [0, 0.05) is 12.1 Å².